The fourth-order valence-corrected chi connectivity index (χ4v) is 1.70. The predicted octanol–water partition coefficient (Wildman–Crippen LogP) is 1.51. The highest BCUT2D eigenvalue weighted by Crippen LogP contribution is 2.00. The van der Waals surface area contributed by atoms with Gasteiger partial charge < -0.3 is 0 Å². The molecule has 4 heteroatoms. The molecular formula is C14H12N3O+. The number of hydrogen-bond acceptors (Lipinski definition) is 3. The maximum Gasteiger partial charge on any atom is 0.268 e. The topological polar surface area (TPSA) is 57.6 Å². The normalized spacial score (nSPS) is 9.72. The van der Waals surface area contributed by atoms with Gasteiger partial charge in [0.25, 0.3) is 5.69 Å². The number of ketones is 1. The van der Waals surface area contributed by atoms with Gasteiger partial charge in [-0.15, -0.1) is 0 Å². The molecule has 1 aromatic heterocycles. The molecule has 4 nitrogen and oxygen atoms in total. The molecule has 0 radical (unpaired) electrons. The molecule has 88 valence electrons. The van der Waals surface area contributed by atoms with Crippen LogP contribution in [-0.4, -0.2) is 10.8 Å². The van der Waals surface area contributed by atoms with Crippen LogP contribution in [-0.2, 0) is 6.54 Å². The molecule has 0 aliphatic rings. The smallest absolute Gasteiger partial charge is 0.268 e. The van der Waals surface area contributed by atoms with E-state index < -0.39 is 0 Å². The third-order valence-corrected chi connectivity index (χ3v) is 2.56. The van der Waals surface area contributed by atoms with Gasteiger partial charge in [0.15, 0.2) is 12.7 Å². The third kappa shape index (κ3) is 2.77. The van der Waals surface area contributed by atoms with Crippen molar-refractivity contribution in [1.29, 1.82) is 5.26 Å². The summed E-state index contributed by atoms with van der Waals surface area (Å²) in [5, 5.41) is 8.58. The van der Waals surface area contributed by atoms with E-state index in [1.807, 2.05) is 41.0 Å². The highest BCUT2D eigenvalue weighted by atomic mass is 16.1. The van der Waals surface area contributed by atoms with E-state index in [1.54, 1.807) is 12.4 Å². The Labute approximate surface area is 105 Å². The molecule has 0 bridgehead atoms. The van der Waals surface area contributed by atoms with Crippen LogP contribution in [0.25, 0.3) is 0 Å². The van der Waals surface area contributed by atoms with Gasteiger partial charge in [-0.2, -0.15) is 9.83 Å². The Kier molecular flexibility index (Phi) is 3.77. The number of carbonyl (C=O) groups excluding carboxylic acids is 1. The van der Waals surface area contributed by atoms with Crippen LogP contribution in [0.4, 0.5) is 0 Å². The Bertz CT molecular complexity index is 587. The van der Waals surface area contributed by atoms with Crippen LogP contribution in [0.5, 0.6) is 0 Å². The number of aromatic nitrogens is 2. The molecule has 0 unspecified atom stereocenters. The van der Waals surface area contributed by atoms with E-state index in [0.717, 1.165) is 5.56 Å². The number of nitriles is 1. The van der Waals surface area contributed by atoms with Crippen molar-refractivity contribution < 1.29 is 9.36 Å². The summed E-state index contributed by atoms with van der Waals surface area (Å²) in [5.74, 6) is -0.207. The summed E-state index contributed by atoms with van der Waals surface area (Å²) < 4.78 is 1.81. The maximum atomic E-state index is 11.8. The molecule has 0 spiro atoms. The molecular weight excluding hydrogens is 226 g/mol. The summed E-state index contributed by atoms with van der Waals surface area (Å²) in [7, 11) is 0. The summed E-state index contributed by atoms with van der Waals surface area (Å²) in [6.45, 7) is 0.593. The molecule has 2 rings (SSSR count). The van der Waals surface area contributed by atoms with Crippen LogP contribution in [0.1, 0.15) is 22.5 Å². The molecule has 0 amide bonds. The van der Waals surface area contributed by atoms with Gasteiger partial charge in [0.1, 0.15) is 12.6 Å². The first-order valence-electron chi connectivity index (χ1n) is 5.59. The van der Waals surface area contributed by atoms with E-state index in [0.29, 0.717) is 12.2 Å². The van der Waals surface area contributed by atoms with Crippen LogP contribution in [0.15, 0.2) is 48.9 Å². The van der Waals surface area contributed by atoms with E-state index in [2.05, 4.69) is 4.98 Å². The lowest BCUT2D eigenvalue weighted by Gasteiger charge is -2.01. The molecule has 0 aliphatic carbocycles. The van der Waals surface area contributed by atoms with Crippen molar-refractivity contribution in [1.82, 2.24) is 4.98 Å². The number of benzene rings is 1. The standard InChI is InChI=1S/C14H12N3O/c15-7-6-14(18)13-10-16-8-9-17(13)11-12-4-2-1-3-5-12/h1-5,8-10H,6,11H2/q+1. The highest BCUT2D eigenvalue weighted by molar-refractivity contribution is 5.93. The van der Waals surface area contributed by atoms with E-state index >= 15 is 0 Å². The largest absolute Gasteiger partial charge is 0.286 e. The van der Waals surface area contributed by atoms with Gasteiger partial charge in [0, 0.05) is 5.56 Å². The van der Waals surface area contributed by atoms with Crippen molar-refractivity contribution in [2.75, 3.05) is 0 Å². The van der Waals surface area contributed by atoms with Crippen LogP contribution < -0.4 is 4.57 Å². The fraction of sp³-hybridized carbons (Fsp3) is 0.143. The minimum atomic E-state index is -0.207. The molecule has 0 fully saturated rings. The van der Waals surface area contributed by atoms with Gasteiger partial charge in [-0.25, -0.2) is 0 Å². The molecule has 0 N–H and O–H groups in total. The first-order chi connectivity index (χ1) is 8.81. The Hall–Kier alpha value is -2.54. The molecule has 0 saturated carbocycles. The Morgan fingerprint density at radius 3 is 2.83 bits per heavy atom. The van der Waals surface area contributed by atoms with Gasteiger partial charge in [0.2, 0.25) is 5.78 Å². The average Bonchev–Trinajstić information content (AvgIpc) is 2.41. The zero-order chi connectivity index (χ0) is 12.8. The second-order valence-electron chi connectivity index (χ2n) is 3.83. The predicted molar refractivity (Wildman–Crippen MR) is 64.5 cm³/mol. The fourth-order valence-electron chi connectivity index (χ4n) is 1.70. The lowest BCUT2D eigenvalue weighted by atomic mass is 10.2. The number of hydrogen-bond donors (Lipinski definition) is 0. The average molecular weight is 238 g/mol. The minimum Gasteiger partial charge on any atom is -0.286 e. The van der Waals surface area contributed by atoms with Gasteiger partial charge in [0.05, 0.1) is 12.3 Å². The van der Waals surface area contributed by atoms with Crippen molar-refractivity contribution in [3.05, 3.63) is 60.2 Å². The molecule has 0 atom stereocenters. The van der Waals surface area contributed by atoms with E-state index in [1.165, 1.54) is 6.20 Å². The van der Waals surface area contributed by atoms with Crippen LogP contribution in [0.2, 0.25) is 0 Å². The summed E-state index contributed by atoms with van der Waals surface area (Å²) in [6, 6.07) is 11.7. The van der Waals surface area contributed by atoms with Gasteiger partial charge >= 0.3 is 0 Å². The SMILES string of the molecule is N#CCC(=O)c1cncc[n+]1Cc1ccccc1. The van der Waals surface area contributed by atoms with Crippen LogP contribution >= 0.6 is 0 Å². The molecule has 18 heavy (non-hydrogen) atoms. The quantitative estimate of drug-likeness (QED) is 0.599. The molecule has 0 aliphatic heterocycles. The first kappa shape index (κ1) is 11.9. The van der Waals surface area contributed by atoms with Crippen molar-refractivity contribution in [2.24, 2.45) is 0 Å². The van der Waals surface area contributed by atoms with Crippen molar-refractivity contribution >= 4 is 5.78 Å². The van der Waals surface area contributed by atoms with E-state index in [-0.39, 0.29) is 12.2 Å². The molecule has 1 aromatic carbocycles. The Morgan fingerprint density at radius 1 is 1.33 bits per heavy atom. The van der Waals surface area contributed by atoms with Crippen molar-refractivity contribution in [3.63, 3.8) is 0 Å². The Morgan fingerprint density at radius 2 is 2.11 bits per heavy atom. The molecule has 0 saturated heterocycles. The second kappa shape index (κ2) is 5.69. The molecule has 1 heterocycles. The second-order valence-corrected chi connectivity index (χ2v) is 3.83. The monoisotopic (exact) mass is 238 g/mol. The highest BCUT2D eigenvalue weighted by Gasteiger charge is 2.18. The Balaban J connectivity index is 2.29. The minimum absolute atomic E-state index is 0.125. The van der Waals surface area contributed by atoms with E-state index in [9.17, 15) is 4.79 Å². The zero-order valence-corrected chi connectivity index (χ0v) is 9.78. The lowest BCUT2D eigenvalue weighted by molar-refractivity contribution is -0.690. The number of carbonyl (C=O) groups is 1. The van der Waals surface area contributed by atoms with Gasteiger partial charge in [-0.3, -0.25) is 9.78 Å². The number of nitrogens with zero attached hydrogens (tertiary/aromatic N) is 3. The number of Topliss-reactive ketones (excluding diaryl/α,β-unsaturated/α-hetero) is 1. The van der Waals surface area contributed by atoms with Crippen LogP contribution in [0, 0.1) is 11.3 Å². The summed E-state index contributed by atoms with van der Waals surface area (Å²) in [4.78, 5) is 15.7. The zero-order valence-electron chi connectivity index (χ0n) is 9.78. The molecule has 2 aromatic rings. The van der Waals surface area contributed by atoms with Crippen LogP contribution in [0.3, 0.4) is 0 Å². The summed E-state index contributed by atoms with van der Waals surface area (Å²) in [6.07, 6.45) is 4.76. The summed E-state index contributed by atoms with van der Waals surface area (Å²) >= 11 is 0. The van der Waals surface area contributed by atoms with Crippen molar-refractivity contribution in [3.8, 4) is 6.07 Å². The lowest BCUT2D eigenvalue weighted by Crippen LogP contribution is -2.40. The summed E-state index contributed by atoms with van der Waals surface area (Å²) in [5.41, 5.74) is 1.56. The number of rotatable bonds is 4. The van der Waals surface area contributed by atoms with Crippen molar-refractivity contribution in [2.45, 2.75) is 13.0 Å². The maximum absolute atomic E-state index is 11.8. The van der Waals surface area contributed by atoms with Gasteiger partial charge in [-0.1, -0.05) is 30.3 Å². The third-order valence-electron chi connectivity index (χ3n) is 2.56. The van der Waals surface area contributed by atoms with Gasteiger partial charge in [-0.05, 0) is 0 Å². The first-order valence-corrected chi connectivity index (χ1v) is 5.59. The van der Waals surface area contributed by atoms with E-state index in [4.69, 9.17) is 5.26 Å².